The number of thiol groups is 1. The highest BCUT2D eigenvalue weighted by Crippen LogP contribution is 2.41. The number of carbonyl (C=O) groups is 1. The maximum Gasteiger partial charge on any atom is 0.266 e. The number of amides is 1. The summed E-state index contributed by atoms with van der Waals surface area (Å²) in [4.78, 5) is 14.2. The summed E-state index contributed by atoms with van der Waals surface area (Å²) in [6.07, 6.45) is -0.759. The van der Waals surface area contributed by atoms with Crippen molar-refractivity contribution in [2.24, 2.45) is 0 Å². The standard InChI is InChI=1S/C22H15Cl2N3O3S/c1-29-18-5-3-2-4-16(18)27-20(26-21(28)13(11-25)22(27)31)19-9-8-17(30-19)12-6-7-14(23)15(24)10-12/h2-10,20,31H,1H3,(H,26,28). The number of benzene rings is 2. The Morgan fingerprint density at radius 2 is 1.94 bits per heavy atom. The third-order valence-corrected chi connectivity index (χ3v) is 5.94. The van der Waals surface area contributed by atoms with Crippen molar-refractivity contribution >= 4 is 47.4 Å². The van der Waals surface area contributed by atoms with Gasteiger partial charge in [-0.1, -0.05) is 35.3 Å². The molecule has 0 saturated carbocycles. The molecule has 4 rings (SSSR count). The molecule has 3 aromatic rings. The smallest absolute Gasteiger partial charge is 0.266 e. The minimum absolute atomic E-state index is 0.109. The molecule has 0 spiro atoms. The number of ether oxygens (including phenoxy) is 1. The van der Waals surface area contributed by atoms with Gasteiger partial charge in [0.2, 0.25) is 0 Å². The van der Waals surface area contributed by atoms with E-state index in [9.17, 15) is 10.1 Å². The van der Waals surface area contributed by atoms with Crippen molar-refractivity contribution in [1.29, 1.82) is 5.26 Å². The second kappa shape index (κ2) is 8.60. The number of rotatable bonds is 4. The van der Waals surface area contributed by atoms with E-state index in [0.717, 1.165) is 5.56 Å². The van der Waals surface area contributed by atoms with Gasteiger partial charge >= 0.3 is 0 Å². The van der Waals surface area contributed by atoms with Gasteiger partial charge in [0.25, 0.3) is 5.91 Å². The molecule has 9 heteroatoms. The molecule has 6 nitrogen and oxygen atoms in total. The molecule has 0 saturated heterocycles. The molecule has 1 unspecified atom stereocenters. The summed E-state index contributed by atoms with van der Waals surface area (Å²) in [6.45, 7) is 0. The normalized spacial score (nSPS) is 16.2. The summed E-state index contributed by atoms with van der Waals surface area (Å²) in [5.41, 5.74) is 1.23. The summed E-state index contributed by atoms with van der Waals surface area (Å²) < 4.78 is 11.5. The van der Waals surface area contributed by atoms with Crippen LogP contribution in [0.4, 0.5) is 5.69 Å². The zero-order valence-electron chi connectivity index (χ0n) is 16.1. The lowest BCUT2D eigenvalue weighted by Gasteiger charge is -2.37. The molecule has 0 radical (unpaired) electrons. The van der Waals surface area contributed by atoms with E-state index in [1.165, 1.54) is 0 Å². The summed E-state index contributed by atoms with van der Waals surface area (Å²) in [5, 5.41) is 13.3. The number of nitrogens with one attached hydrogen (secondary N) is 1. The van der Waals surface area contributed by atoms with Crippen molar-refractivity contribution in [2.75, 3.05) is 12.0 Å². The van der Waals surface area contributed by atoms with Gasteiger partial charge < -0.3 is 19.4 Å². The Bertz CT molecular complexity index is 1250. The predicted molar refractivity (Wildman–Crippen MR) is 122 cm³/mol. The van der Waals surface area contributed by atoms with Gasteiger partial charge in [-0.3, -0.25) is 4.79 Å². The third kappa shape index (κ3) is 3.86. The minimum atomic E-state index is -0.759. The summed E-state index contributed by atoms with van der Waals surface area (Å²) in [7, 11) is 1.54. The largest absolute Gasteiger partial charge is 0.495 e. The van der Waals surface area contributed by atoms with Crippen LogP contribution in [0.15, 0.2) is 69.6 Å². The Balaban J connectivity index is 1.82. The van der Waals surface area contributed by atoms with Gasteiger partial charge in [0.05, 0.1) is 27.9 Å². The van der Waals surface area contributed by atoms with Gasteiger partial charge in [-0.15, -0.1) is 12.6 Å². The zero-order valence-corrected chi connectivity index (χ0v) is 18.5. The van der Waals surface area contributed by atoms with E-state index in [0.29, 0.717) is 33.0 Å². The Morgan fingerprint density at radius 3 is 2.65 bits per heavy atom. The highest BCUT2D eigenvalue weighted by molar-refractivity contribution is 7.84. The number of para-hydroxylation sites is 2. The van der Waals surface area contributed by atoms with Gasteiger partial charge in [0.15, 0.2) is 6.17 Å². The molecule has 1 aliphatic heterocycles. The van der Waals surface area contributed by atoms with Crippen molar-refractivity contribution in [3.8, 4) is 23.1 Å². The Morgan fingerprint density at radius 1 is 1.16 bits per heavy atom. The van der Waals surface area contributed by atoms with E-state index in [2.05, 4.69) is 17.9 Å². The van der Waals surface area contributed by atoms with Gasteiger partial charge in [-0.2, -0.15) is 5.26 Å². The lowest BCUT2D eigenvalue weighted by molar-refractivity contribution is -0.118. The first kappa shape index (κ1) is 21.2. The van der Waals surface area contributed by atoms with Gasteiger partial charge in [-0.05, 0) is 42.5 Å². The molecule has 1 aromatic heterocycles. The monoisotopic (exact) mass is 471 g/mol. The SMILES string of the molecule is COc1ccccc1N1C(S)=C(C#N)C(=O)NC1c1ccc(-c2ccc(Cl)c(Cl)c2)o1. The summed E-state index contributed by atoms with van der Waals surface area (Å²) in [6, 6.07) is 17.8. The second-order valence-electron chi connectivity index (χ2n) is 6.56. The first-order valence-electron chi connectivity index (χ1n) is 9.06. The molecule has 1 amide bonds. The van der Waals surface area contributed by atoms with Crippen LogP contribution >= 0.6 is 35.8 Å². The highest BCUT2D eigenvalue weighted by atomic mass is 35.5. The number of nitriles is 1. The average Bonchev–Trinajstić information content (AvgIpc) is 3.26. The maximum absolute atomic E-state index is 12.5. The molecule has 1 atom stereocenters. The lowest BCUT2D eigenvalue weighted by Crippen LogP contribution is -2.46. The third-order valence-electron chi connectivity index (χ3n) is 4.76. The molecule has 0 aliphatic carbocycles. The molecule has 0 bridgehead atoms. The number of furan rings is 1. The fourth-order valence-electron chi connectivity index (χ4n) is 3.29. The molecular formula is C22H15Cl2N3O3S. The number of hydrogen-bond acceptors (Lipinski definition) is 6. The molecule has 156 valence electrons. The zero-order chi connectivity index (χ0) is 22.1. The molecular weight excluding hydrogens is 457 g/mol. The molecule has 2 aromatic carbocycles. The second-order valence-corrected chi connectivity index (χ2v) is 7.80. The van der Waals surface area contributed by atoms with E-state index < -0.39 is 12.1 Å². The average molecular weight is 472 g/mol. The van der Waals surface area contributed by atoms with Crippen LogP contribution in [0.25, 0.3) is 11.3 Å². The molecule has 1 N–H and O–H groups in total. The van der Waals surface area contributed by atoms with Crippen molar-refractivity contribution in [2.45, 2.75) is 6.17 Å². The summed E-state index contributed by atoms with van der Waals surface area (Å²) >= 11 is 16.6. The molecule has 31 heavy (non-hydrogen) atoms. The molecule has 2 heterocycles. The topological polar surface area (TPSA) is 78.5 Å². The first-order chi connectivity index (χ1) is 14.9. The minimum Gasteiger partial charge on any atom is -0.495 e. The van der Waals surface area contributed by atoms with E-state index in [1.807, 2.05) is 18.2 Å². The maximum atomic E-state index is 12.5. The fourth-order valence-corrected chi connectivity index (χ4v) is 3.96. The van der Waals surface area contributed by atoms with Gasteiger partial charge in [-0.25, -0.2) is 0 Å². The number of carbonyl (C=O) groups excluding carboxylic acids is 1. The van der Waals surface area contributed by atoms with E-state index in [-0.39, 0.29) is 10.6 Å². The van der Waals surface area contributed by atoms with Crippen molar-refractivity contribution in [3.63, 3.8) is 0 Å². The van der Waals surface area contributed by atoms with Crippen LogP contribution in [0.1, 0.15) is 11.9 Å². The molecule has 1 aliphatic rings. The van der Waals surface area contributed by atoms with E-state index in [1.54, 1.807) is 54.5 Å². The quantitative estimate of drug-likeness (QED) is 0.486. The Labute approximate surface area is 194 Å². The predicted octanol–water partition coefficient (Wildman–Crippen LogP) is 5.56. The number of nitrogens with zero attached hydrogens (tertiary/aromatic N) is 2. The number of halogens is 2. The lowest BCUT2D eigenvalue weighted by atomic mass is 10.1. The van der Waals surface area contributed by atoms with Gasteiger partial charge in [0, 0.05) is 5.56 Å². The van der Waals surface area contributed by atoms with E-state index >= 15 is 0 Å². The van der Waals surface area contributed by atoms with Crippen LogP contribution in [0.2, 0.25) is 10.0 Å². The van der Waals surface area contributed by atoms with Crippen LogP contribution in [0.5, 0.6) is 5.75 Å². The fraction of sp³-hybridized carbons (Fsp3) is 0.0909. The Hall–Kier alpha value is -3.05. The first-order valence-corrected chi connectivity index (χ1v) is 10.3. The van der Waals surface area contributed by atoms with Crippen molar-refractivity contribution < 1.29 is 13.9 Å². The van der Waals surface area contributed by atoms with Crippen LogP contribution < -0.4 is 15.0 Å². The number of hydrogen-bond donors (Lipinski definition) is 2. The highest BCUT2D eigenvalue weighted by Gasteiger charge is 2.37. The van der Waals surface area contributed by atoms with Gasteiger partial charge in [0.1, 0.15) is 28.9 Å². The molecule has 0 fully saturated rings. The van der Waals surface area contributed by atoms with Crippen LogP contribution in [0.3, 0.4) is 0 Å². The van der Waals surface area contributed by atoms with Crippen LogP contribution in [-0.4, -0.2) is 13.0 Å². The number of methoxy groups -OCH3 is 1. The van der Waals surface area contributed by atoms with E-state index in [4.69, 9.17) is 32.4 Å². The Kier molecular flexibility index (Phi) is 5.88. The van der Waals surface area contributed by atoms with Crippen LogP contribution in [0, 0.1) is 11.3 Å². The van der Waals surface area contributed by atoms with Crippen molar-refractivity contribution in [3.05, 3.63) is 81.0 Å². The van der Waals surface area contributed by atoms with Crippen molar-refractivity contribution in [1.82, 2.24) is 5.32 Å². The van der Waals surface area contributed by atoms with Crippen LogP contribution in [-0.2, 0) is 4.79 Å². The summed E-state index contributed by atoms with van der Waals surface area (Å²) in [5.74, 6) is 0.974. The number of anilines is 1.